The third-order valence-electron chi connectivity index (χ3n) is 8.45. The van der Waals surface area contributed by atoms with Gasteiger partial charge in [-0.3, -0.25) is 4.90 Å². The molecule has 1 N–H and O–H groups in total. The SMILES string of the molecule is CCN1C(=O)N2Cc3cc(OC)cc(OC)c3CC=C2C12CCN(C(=O)NC1=C(OC)CCC(OC)=C1)CC2. The van der Waals surface area contributed by atoms with Crippen molar-refractivity contribution in [3.05, 3.63) is 58.3 Å². The molecule has 0 bridgehead atoms. The number of fused-ring (bicyclic) bond motifs is 3. The van der Waals surface area contributed by atoms with Crippen molar-refractivity contribution in [1.29, 1.82) is 0 Å². The largest absolute Gasteiger partial charge is 0.501 e. The van der Waals surface area contributed by atoms with E-state index >= 15 is 0 Å². The van der Waals surface area contributed by atoms with Crippen LogP contribution in [0.4, 0.5) is 9.59 Å². The standard InChI is InChI=1S/C29H38N4O6/c1-6-33-28(35)32-18-19-15-21(37-3)17-25(39-5)22(19)8-10-26(32)29(33)11-13-31(14-12-29)27(34)30-23-16-20(36-2)7-9-24(23)38-4/h10,15-17H,6-9,11-14,18H2,1-5H3,(H,30,34). The molecule has 0 unspecified atom stereocenters. The number of benzene rings is 1. The molecule has 2 fully saturated rings. The molecule has 0 saturated carbocycles. The van der Waals surface area contributed by atoms with Crippen LogP contribution in [0, 0.1) is 0 Å². The lowest BCUT2D eigenvalue weighted by atomic mass is 9.83. The molecule has 3 heterocycles. The Morgan fingerprint density at radius 1 is 1.03 bits per heavy atom. The second-order valence-electron chi connectivity index (χ2n) is 10.2. The first-order valence-corrected chi connectivity index (χ1v) is 13.5. The number of hydrogen-bond donors (Lipinski definition) is 1. The van der Waals surface area contributed by atoms with Crippen molar-refractivity contribution < 1.29 is 28.5 Å². The van der Waals surface area contributed by atoms with Gasteiger partial charge in [0, 0.05) is 55.9 Å². The first-order chi connectivity index (χ1) is 18.9. The van der Waals surface area contributed by atoms with Gasteiger partial charge < -0.3 is 34.1 Å². The average Bonchev–Trinajstić information content (AvgIpc) is 3.07. The fourth-order valence-electron chi connectivity index (χ4n) is 6.39. The Bertz CT molecular complexity index is 1240. The molecule has 4 aliphatic rings. The maximum atomic E-state index is 13.7. The van der Waals surface area contributed by atoms with E-state index in [1.54, 1.807) is 28.4 Å². The molecular weight excluding hydrogens is 500 g/mol. The Morgan fingerprint density at radius 3 is 2.44 bits per heavy atom. The number of amides is 4. The van der Waals surface area contributed by atoms with E-state index in [4.69, 9.17) is 18.9 Å². The lowest BCUT2D eigenvalue weighted by molar-refractivity contribution is 0.103. The fraction of sp³-hybridized carbons (Fsp3) is 0.517. The Balaban J connectivity index is 1.37. The Labute approximate surface area is 229 Å². The quantitative estimate of drug-likeness (QED) is 0.586. The second-order valence-corrected chi connectivity index (χ2v) is 10.2. The third kappa shape index (κ3) is 4.55. The summed E-state index contributed by atoms with van der Waals surface area (Å²) >= 11 is 0. The minimum Gasteiger partial charge on any atom is -0.501 e. The number of urea groups is 2. The summed E-state index contributed by atoms with van der Waals surface area (Å²) in [4.78, 5) is 32.7. The molecule has 39 heavy (non-hydrogen) atoms. The number of likely N-dealkylation sites (N-methyl/N-ethyl adjacent to an activating group) is 1. The molecule has 0 radical (unpaired) electrons. The zero-order chi connectivity index (χ0) is 27.7. The van der Waals surface area contributed by atoms with Crippen molar-refractivity contribution >= 4 is 12.1 Å². The average molecular weight is 539 g/mol. The van der Waals surface area contributed by atoms with Gasteiger partial charge in [-0.25, -0.2) is 9.59 Å². The van der Waals surface area contributed by atoms with Crippen LogP contribution in [0.1, 0.15) is 43.7 Å². The van der Waals surface area contributed by atoms with E-state index in [9.17, 15) is 9.59 Å². The summed E-state index contributed by atoms with van der Waals surface area (Å²) in [5, 5.41) is 3.02. The van der Waals surface area contributed by atoms with Gasteiger partial charge in [-0.2, -0.15) is 0 Å². The minimum absolute atomic E-state index is 0.00520. The molecular formula is C29H38N4O6. The zero-order valence-corrected chi connectivity index (χ0v) is 23.5. The molecule has 10 heteroatoms. The molecule has 5 rings (SSSR count). The van der Waals surface area contributed by atoms with Crippen LogP contribution >= 0.6 is 0 Å². The normalized spacial score (nSPS) is 20.1. The van der Waals surface area contributed by atoms with Gasteiger partial charge in [0.25, 0.3) is 0 Å². The van der Waals surface area contributed by atoms with Crippen molar-refractivity contribution in [3.8, 4) is 11.5 Å². The topological polar surface area (TPSA) is 92.8 Å². The summed E-state index contributed by atoms with van der Waals surface area (Å²) in [7, 11) is 6.54. The number of allylic oxidation sites excluding steroid dienone is 4. The maximum Gasteiger partial charge on any atom is 0.325 e. The first-order valence-electron chi connectivity index (χ1n) is 13.5. The summed E-state index contributed by atoms with van der Waals surface area (Å²) in [6.07, 6.45) is 7.40. The summed E-state index contributed by atoms with van der Waals surface area (Å²) in [6.45, 7) is 4.13. The number of carbonyl (C=O) groups excluding carboxylic acids is 2. The van der Waals surface area contributed by atoms with Crippen LogP contribution in [0.2, 0.25) is 0 Å². The highest BCUT2D eigenvalue weighted by Crippen LogP contribution is 2.46. The molecule has 1 spiro atoms. The van der Waals surface area contributed by atoms with Gasteiger partial charge in [0.05, 0.1) is 52.0 Å². The van der Waals surface area contributed by atoms with Crippen molar-refractivity contribution in [1.82, 2.24) is 20.0 Å². The molecule has 1 aromatic rings. The maximum absolute atomic E-state index is 13.7. The second kappa shape index (κ2) is 10.7. The van der Waals surface area contributed by atoms with Crippen LogP contribution in [-0.4, -0.2) is 80.4 Å². The molecule has 3 aliphatic heterocycles. The predicted octanol–water partition coefficient (Wildman–Crippen LogP) is 4.13. The van der Waals surface area contributed by atoms with E-state index in [1.807, 2.05) is 39.8 Å². The molecule has 1 aliphatic carbocycles. The van der Waals surface area contributed by atoms with Crippen LogP contribution in [0.25, 0.3) is 0 Å². The molecule has 1 aromatic carbocycles. The van der Waals surface area contributed by atoms with Gasteiger partial charge in [-0.1, -0.05) is 6.08 Å². The van der Waals surface area contributed by atoms with E-state index in [-0.39, 0.29) is 12.1 Å². The van der Waals surface area contributed by atoms with Crippen molar-refractivity contribution in [2.45, 2.75) is 51.1 Å². The van der Waals surface area contributed by atoms with Gasteiger partial charge in [0.2, 0.25) is 0 Å². The van der Waals surface area contributed by atoms with Crippen LogP contribution < -0.4 is 14.8 Å². The van der Waals surface area contributed by atoms with Gasteiger partial charge in [0.1, 0.15) is 17.3 Å². The Kier molecular flexibility index (Phi) is 7.38. The third-order valence-corrected chi connectivity index (χ3v) is 8.45. The van der Waals surface area contributed by atoms with E-state index in [0.29, 0.717) is 63.3 Å². The number of ether oxygens (including phenoxy) is 4. The number of rotatable bonds is 6. The molecule has 210 valence electrons. The number of piperidine rings is 1. The lowest BCUT2D eigenvalue weighted by Crippen LogP contribution is -2.56. The van der Waals surface area contributed by atoms with E-state index in [1.165, 1.54) is 0 Å². The number of likely N-dealkylation sites (tertiary alicyclic amines) is 1. The molecule has 10 nitrogen and oxygen atoms in total. The van der Waals surface area contributed by atoms with Crippen LogP contribution in [0.3, 0.4) is 0 Å². The van der Waals surface area contributed by atoms with Gasteiger partial charge >= 0.3 is 12.1 Å². The Morgan fingerprint density at radius 2 is 1.79 bits per heavy atom. The van der Waals surface area contributed by atoms with Crippen molar-refractivity contribution in [3.63, 3.8) is 0 Å². The molecule has 0 aromatic heterocycles. The van der Waals surface area contributed by atoms with Crippen LogP contribution in [0.5, 0.6) is 11.5 Å². The van der Waals surface area contributed by atoms with E-state index in [0.717, 1.165) is 40.5 Å². The highest BCUT2D eigenvalue weighted by molar-refractivity contribution is 5.83. The zero-order valence-electron chi connectivity index (χ0n) is 23.5. The first kappa shape index (κ1) is 26.8. The monoisotopic (exact) mass is 538 g/mol. The number of hydrogen-bond acceptors (Lipinski definition) is 6. The van der Waals surface area contributed by atoms with E-state index in [2.05, 4.69) is 11.4 Å². The van der Waals surface area contributed by atoms with E-state index < -0.39 is 5.54 Å². The molecule has 0 atom stereocenters. The number of carbonyl (C=O) groups is 2. The summed E-state index contributed by atoms with van der Waals surface area (Å²) < 4.78 is 22.1. The predicted molar refractivity (Wildman–Crippen MR) is 145 cm³/mol. The number of nitrogens with zero attached hydrogens (tertiary/aromatic N) is 3. The summed E-state index contributed by atoms with van der Waals surface area (Å²) in [5.74, 6) is 3.02. The summed E-state index contributed by atoms with van der Waals surface area (Å²) in [5.41, 5.74) is 3.30. The van der Waals surface area contributed by atoms with Gasteiger partial charge in [-0.05, 0) is 37.8 Å². The minimum atomic E-state index is -0.451. The van der Waals surface area contributed by atoms with Crippen LogP contribution in [-0.2, 0) is 22.4 Å². The Hall–Kier alpha value is -3.82. The van der Waals surface area contributed by atoms with Gasteiger partial charge in [-0.15, -0.1) is 0 Å². The summed E-state index contributed by atoms with van der Waals surface area (Å²) in [6, 6.07) is 3.72. The van der Waals surface area contributed by atoms with Crippen LogP contribution in [0.15, 0.2) is 47.2 Å². The van der Waals surface area contributed by atoms with Crippen molar-refractivity contribution in [2.24, 2.45) is 0 Å². The molecule has 4 amide bonds. The van der Waals surface area contributed by atoms with Gasteiger partial charge in [0.15, 0.2) is 0 Å². The molecule has 2 saturated heterocycles. The number of methoxy groups -OCH3 is 4. The lowest BCUT2D eigenvalue weighted by Gasteiger charge is -2.44. The fourth-order valence-corrected chi connectivity index (χ4v) is 6.39. The number of nitrogens with one attached hydrogen (secondary N) is 1. The smallest absolute Gasteiger partial charge is 0.325 e. The highest BCUT2D eigenvalue weighted by atomic mass is 16.5. The van der Waals surface area contributed by atoms with Crippen molar-refractivity contribution in [2.75, 3.05) is 48.1 Å². The highest BCUT2D eigenvalue weighted by Gasteiger charge is 2.54.